The lowest BCUT2D eigenvalue weighted by Gasteiger charge is -2.03. The van der Waals surface area contributed by atoms with Crippen LogP contribution in [0.4, 0.5) is 8.78 Å². The fourth-order valence-corrected chi connectivity index (χ4v) is 1.45. The van der Waals surface area contributed by atoms with Crippen LogP contribution in [0.25, 0.3) is 0 Å². The summed E-state index contributed by atoms with van der Waals surface area (Å²) in [6.45, 7) is 2.23. The number of rotatable bonds is 9. The van der Waals surface area contributed by atoms with Crippen molar-refractivity contribution in [1.82, 2.24) is 10.1 Å². The van der Waals surface area contributed by atoms with Crippen molar-refractivity contribution < 1.29 is 18.0 Å². The van der Waals surface area contributed by atoms with Gasteiger partial charge in [0.1, 0.15) is 6.61 Å². The van der Waals surface area contributed by atoms with Crippen LogP contribution in [0.2, 0.25) is 0 Å². The fraction of sp³-hybridized carbons (Fsp3) is 0.818. The van der Waals surface area contributed by atoms with Gasteiger partial charge >= 0.3 is 0 Å². The highest BCUT2D eigenvalue weighted by atomic mass is 19.3. The van der Waals surface area contributed by atoms with E-state index < -0.39 is 13.0 Å². The molecule has 0 aliphatic carbocycles. The number of alkyl halides is 2. The lowest BCUT2D eigenvalue weighted by atomic mass is 10.1. The van der Waals surface area contributed by atoms with E-state index in [-0.39, 0.29) is 12.5 Å². The molecule has 1 atom stereocenters. The Kier molecular flexibility index (Phi) is 6.74. The summed E-state index contributed by atoms with van der Waals surface area (Å²) in [4.78, 5) is 4.19. The maximum absolute atomic E-state index is 11.8. The van der Waals surface area contributed by atoms with Crippen molar-refractivity contribution in [2.75, 3.05) is 19.8 Å². The van der Waals surface area contributed by atoms with Gasteiger partial charge in [-0.1, -0.05) is 12.1 Å². The van der Waals surface area contributed by atoms with Gasteiger partial charge in [0.2, 0.25) is 5.89 Å². The molecule has 0 spiro atoms. The first-order valence-electron chi connectivity index (χ1n) is 6.02. The van der Waals surface area contributed by atoms with Crippen molar-refractivity contribution in [3.63, 3.8) is 0 Å². The smallest absolute Gasteiger partial charge is 0.261 e. The van der Waals surface area contributed by atoms with Crippen LogP contribution in [0.5, 0.6) is 0 Å². The Morgan fingerprint density at radius 1 is 1.44 bits per heavy atom. The third kappa shape index (κ3) is 5.50. The highest BCUT2D eigenvalue weighted by Gasteiger charge is 2.13. The van der Waals surface area contributed by atoms with Gasteiger partial charge in [-0.25, -0.2) is 8.78 Å². The summed E-state index contributed by atoms with van der Waals surface area (Å²) < 4.78 is 33.4. The Balaban J connectivity index is 2.29. The van der Waals surface area contributed by atoms with Crippen molar-refractivity contribution in [1.29, 1.82) is 0 Å². The zero-order chi connectivity index (χ0) is 13.4. The summed E-state index contributed by atoms with van der Waals surface area (Å²) >= 11 is 0. The number of hydrogen-bond acceptors (Lipinski definition) is 5. The quantitative estimate of drug-likeness (QED) is 0.687. The van der Waals surface area contributed by atoms with Gasteiger partial charge in [-0.15, -0.1) is 0 Å². The van der Waals surface area contributed by atoms with E-state index in [2.05, 4.69) is 10.1 Å². The monoisotopic (exact) mass is 263 g/mol. The van der Waals surface area contributed by atoms with Gasteiger partial charge in [0.15, 0.2) is 5.82 Å². The molecule has 0 amide bonds. The van der Waals surface area contributed by atoms with Crippen molar-refractivity contribution in [2.24, 2.45) is 5.73 Å². The predicted molar refractivity (Wildman–Crippen MR) is 61.5 cm³/mol. The minimum atomic E-state index is -2.44. The first kappa shape index (κ1) is 15.0. The number of hydrogen-bond donors (Lipinski definition) is 1. The topological polar surface area (TPSA) is 74.2 Å². The largest absolute Gasteiger partial charge is 0.375 e. The van der Waals surface area contributed by atoms with Crippen molar-refractivity contribution in [2.45, 2.75) is 38.5 Å². The van der Waals surface area contributed by atoms with E-state index in [4.69, 9.17) is 15.0 Å². The van der Waals surface area contributed by atoms with E-state index in [1.54, 1.807) is 0 Å². The molecule has 0 radical (unpaired) electrons. The van der Waals surface area contributed by atoms with Gasteiger partial charge in [-0.2, -0.15) is 4.98 Å². The lowest BCUT2D eigenvalue weighted by Crippen LogP contribution is -2.07. The Bertz CT molecular complexity index is 334. The maximum atomic E-state index is 11.8. The van der Waals surface area contributed by atoms with E-state index in [1.165, 1.54) is 0 Å². The lowest BCUT2D eigenvalue weighted by molar-refractivity contribution is 0.0182. The zero-order valence-electron chi connectivity index (χ0n) is 10.4. The average molecular weight is 263 g/mol. The van der Waals surface area contributed by atoms with E-state index in [1.807, 2.05) is 6.92 Å². The molecule has 1 heterocycles. The molecule has 7 heteroatoms. The summed E-state index contributed by atoms with van der Waals surface area (Å²) in [5.74, 6) is 1.21. The summed E-state index contributed by atoms with van der Waals surface area (Å²) in [6.07, 6.45) is -0.280. The molecule has 0 fully saturated rings. The molecule has 18 heavy (non-hydrogen) atoms. The Labute approximate surface area is 105 Å². The molecule has 1 rings (SSSR count). The summed E-state index contributed by atoms with van der Waals surface area (Å²) in [7, 11) is 0. The van der Waals surface area contributed by atoms with Crippen LogP contribution in [0.15, 0.2) is 4.52 Å². The van der Waals surface area contributed by atoms with E-state index >= 15 is 0 Å². The second kappa shape index (κ2) is 8.10. The molecule has 5 nitrogen and oxygen atoms in total. The SMILES string of the molecule is CC(CCCN)c1nc(CCOCC(F)F)no1. The van der Waals surface area contributed by atoms with Crippen LogP contribution in [-0.2, 0) is 11.2 Å². The number of ether oxygens (including phenoxy) is 1. The summed E-state index contributed by atoms with van der Waals surface area (Å²) in [5, 5.41) is 3.78. The van der Waals surface area contributed by atoms with Crippen LogP contribution in [0.3, 0.4) is 0 Å². The second-order valence-corrected chi connectivity index (χ2v) is 4.10. The first-order chi connectivity index (χ1) is 8.63. The van der Waals surface area contributed by atoms with Gasteiger partial charge in [0.25, 0.3) is 6.43 Å². The maximum Gasteiger partial charge on any atom is 0.261 e. The molecular weight excluding hydrogens is 244 g/mol. The Morgan fingerprint density at radius 2 is 2.22 bits per heavy atom. The van der Waals surface area contributed by atoms with Gasteiger partial charge in [0.05, 0.1) is 6.61 Å². The number of nitrogens with zero attached hydrogens (tertiary/aromatic N) is 2. The Hall–Kier alpha value is -1.08. The van der Waals surface area contributed by atoms with E-state index in [0.29, 0.717) is 24.7 Å². The van der Waals surface area contributed by atoms with Gasteiger partial charge in [-0.3, -0.25) is 0 Å². The summed E-state index contributed by atoms with van der Waals surface area (Å²) in [6, 6.07) is 0. The van der Waals surface area contributed by atoms with E-state index in [9.17, 15) is 8.78 Å². The number of halogens is 2. The molecule has 1 aromatic rings. The van der Waals surface area contributed by atoms with Crippen LogP contribution in [0.1, 0.15) is 37.4 Å². The number of aromatic nitrogens is 2. The standard InChI is InChI=1S/C11H19F2N3O2/c1-8(3-2-5-14)11-15-10(16-18-11)4-6-17-7-9(12)13/h8-9H,2-7,14H2,1H3. The first-order valence-corrected chi connectivity index (χ1v) is 6.02. The van der Waals surface area contributed by atoms with Crippen molar-refractivity contribution in [3.8, 4) is 0 Å². The Morgan fingerprint density at radius 3 is 2.89 bits per heavy atom. The average Bonchev–Trinajstić information content (AvgIpc) is 2.80. The molecule has 1 aromatic heterocycles. The van der Waals surface area contributed by atoms with Crippen LogP contribution in [-0.4, -0.2) is 36.3 Å². The minimum Gasteiger partial charge on any atom is -0.375 e. The molecule has 1 unspecified atom stereocenters. The molecule has 104 valence electrons. The third-order valence-electron chi connectivity index (χ3n) is 2.46. The molecule has 0 saturated heterocycles. The molecule has 0 bridgehead atoms. The zero-order valence-corrected chi connectivity index (χ0v) is 10.4. The molecule has 0 aliphatic heterocycles. The summed E-state index contributed by atoms with van der Waals surface area (Å²) in [5.41, 5.74) is 5.42. The molecule has 2 N–H and O–H groups in total. The van der Waals surface area contributed by atoms with Gasteiger partial charge in [-0.05, 0) is 19.4 Å². The molecule has 0 aromatic carbocycles. The molecular formula is C11H19F2N3O2. The van der Waals surface area contributed by atoms with Gasteiger partial charge < -0.3 is 15.0 Å². The normalized spacial score (nSPS) is 13.2. The fourth-order valence-electron chi connectivity index (χ4n) is 1.45. The predicted octanol–water partition coefficient (Wildman–Crippen LogP) is 1.74. The molecule has 0 aliphatic rings. The van der Waals surface area contributed by atoms with E-state index in [0.717, 1.165) is 12.8 Å². The van der Waals surface area contributed by atoms with Crippen LogP contribution >= 0.6 is 0 Å². The van der Waals surface area contributed by atoms with Crippen LogP contribution in [0, 0.1) is 0 Å². The number of nitrogens with two attached hydrogens (primary N) is 1. The second-order valence-electron chi connectivity index (χ2n) is 4.10. The highest BCUT2D eigenvalue weighted by Crippen LogP contribution is 2.18. The minimum absolute atomic E-state index is 0.164. The van der Waals surface area contributed by atoms with Crippen molar-refractivity contribution in [3.05, 3.63) is 11.7 Å². The third-order valence-corrected chi connectivity index (χ3v) is 2.46. The van der Waals surface area contributed by atoms with Gasteiger partial charge in [0, 0.05) is 12.3 Å². The molecule has 0 saturated carbocycles. The van der Waals surface area contributed by atoms with Crippen molar-refractivity contribution >= 4 is 0 Å². The highest BCUT2D eigenvalue weighted by molar-refractivity contribution is 4.92. The van der Waals surface area contributed by atoms with Crippen LogP contribution < -0.4 is 5.73 Å².